The number of hydrogen-bond donors (Lipinski definition) is 2. The van der Waals surface area contributed by atoms with Crippen molar-refractivity contribution in [1.82, 2.24) is 4.72 Å². The minimum Gasteiger partial charge on any atom is -0.393 e. The molecule has 7 heteroatoms. The van der Waals surface area contributed by atoms with E-state index in [1.54, 1.807) is 18.2 Å². The van der Waals surface area contributed by atoms with E-state index in [1.165, 1.54) is 6.07 Å². The van der Waals surface area contributed by atoms with E-state index in [-0.39, 0.29) is 17.5 Å². The Kier molecular flexibility index (Phi) is 7.74. The van der Waals surface area contributed by atoms with Gasteiger partial charge in [-0.2, -0.15) is 0 Å². The number of nitrogens with zero attached hydrogens (tertiary/aromatic N) is 1. The molecule has 0 saturated carbocycles. The minimum atomic E-state index is -3.66. The molecule has 2 N–H and O–H groups in total. The quantitative estimate of drug-likeness (QED) is 0.520. The van der Waals surface area contributed by atoms with Gasteiger partial charge in [0.2, 0.25) is 10.0 Å². The van der Waals surface area contributed by atoms with Crippen molar-refractivity contribution < 1.29 is 13.5 Å². The van der Waals surface area contributed by atoms with Crippen LogP contribution in [-0.4, -0.2) is 39.3 Å². The van der Waals surface area contributed by atoms with Gasteiger partial charge in [0.1, 0.15) is 4.90 Å². The van der Waals surface area contributed by atoms with E-state index in [4.69, 9.17) is 11.6 Å². The molecule has 1 aromatic rings. The minimum absolute atomic E-state index is 0.210. The van der Waals surface area contributed by atoms with Gasteiger partial charge in [0.15, 0.2) is 0 Å². The van der Waals surface area contributed by atoms with Crippen LogP contribution in [0.4, 0.5) is 5.69 Å². The monoisotopic (exact) mass is 398 g/mol. The summed E-state index contributed by atoms with van der Waals surface area (Å²) >= 11 is 6.06. The Morgan fingerprint density at radius 3 is 2.77 bits per heavy atom. The van der Waals surface area contributed by atoms with Crippen molar-refractivity contribution in [2.45, 2.75) is 43.6 Å². The first kappa shape index (κ1) is 21.0. The van der Waals surface area contributed by atoms with Crippen LogP contribution in [-0.2, 0) is 10.0 Å². The van der Waals surface area contributed by atoms with Crippen LogP contribution in [0.1, 0.15) is 32.6 Å². The van der Waals surface area contributed by atoms with Crippen molar-refractivity contribution in [2.24, 2.45) is 5.92 Å². The summed E-state index contributed by atoms with van der Waals surface area (Å²) in [5, 5.41) is 9.96. The first-order valence-electron chi connectivity index (χ1n) is 8.90. The van der Waals surface area contributed by atoms with Crippen LogP contribution in [0.5, 0.6) is 0 Å². The Morgan fingerprint density at radius 1 is 1.46 bits per heavy atom. The number of aliphatic hydroxyl groups is 1. The van der Waals surface area contributed by atoms with E-state index < -0.39 is 10.0 Å². The van der Waals surface area contributed by atoms with E-state index >= 15 is 0 Å². The van der Waals surface area contributed by atoms with Crippen LogP contribution in [0.3, 0.4) is 0 Å². The third-order valence-electron chi connectivity index (χ3n) is 4.57. The second kappa shape index (κ2) is 9.58. The molecule has 1 aliphatic heterocycles. The summed E-state index contributed by atoms with van der Waals surface area (Å²) in [5.41, 5.74) is 3.30. The fourth-order valence-electron chi connectivity index (χ4n) is 3.30. The fourth-order valence-corrected chi connectivity index (χ4v) is 4.84. The molecule has 26 heavy (non-hydrogen) atoms. The first-order chi connectivity index (χ1) is 12.3. The van der Waals surface area contributed by atoms with Gasteiger partial charge >= 0.3 is 0 Å². The molecule has 1 unspecified atom stereocenters. The van der Waals surface area contributed by atoms with Gasteiger partial charge in [-0.3, -0.25) is 0 Å². The summed E-state index contributed by atoms with van der Waals surface area (Å²) in [7, 11) is -3.66. The Morgan fingerprint density at radius 2 is 2.15 bits per heavy atom. The summed E-state index contributed by atoms with van der Waals surface area (Å²) in [5.74, 6) is 0.474. The zero-order valence-electron chi connectivity index (χ0n) is 15.1. The van der Waals surface area contributed by atoms with Crippen molar-refractivity contribution in [3.05, 3.63) is 41.6 Å². The van der Waals surface area contributed by atoms with Gasteiger partial charge in [-0.25, -0.2) is 13.1 Å². The van der Waals surface area contributed by atoms with Gasteiger partial charge < -0.3 is 10.0 Å². The lowest BCUT2D eigenvalue weighted by Crippen LogP contribution is -2.36. The molecule has 144 valence electrons. The molecule has 2 rings (SSSR count). The van der Waals surface area contributed by atoms with Gasteiger partial charge in [-0.15, -0.1) is 5.73 Å². The number of rotatable bonds is 8. The molecule has 1 atom stereocenters. The maximum absolute atomic E-state index is 12.7. The molecule has 0 aliphatic carbocycles. The SMILES string of the molecule is C=C=CCCNS(=O)(=O)c1cc(Cl)ccc1N1CCC(CC(C)O)CC1. The summed E-state index contributed by atoms with van der Waals surface area (Å²) in [6, 6.07) is 5.00. The number of anilines is 1. The Balaban J connectivity index is 2.16. The number of hydrogen-bond acceptors (Lipinski definition) is 4. The molecule has 1 aromatic carbocycles. The van der Waals surface area contributed by atoms with Crippen molar-refractivity contribution in [2.75, 3.05) is 24.5 Å². The van der Waals surface area contributed by atoms with Crippen LogP contribution in [0.25, 0.3) is 0 Å². The number of nitrogens with one attached hydrogen (secondary N) is 1. The summed E-state index contributed by atoms with van der Waals surface area (Å²) in [6.45, 7) is 7.09. The molecular weight excluding hydrogens is 372 g/mol. The molecule has 0 spiro atoms. The topological polar surface area (TPSA) is 69.6 Å². The van der Waals surface area contributed by atoms with E-state index in [9.17, 15) is 13.5 Å². The molecule has 5 nitrogen and oxygen atoms in total. The van der Waals surface area contributed by atoms with Crippen LogP contribution < -0.4 is 9.62 Å². The zero-order valence-corrected chi connectivity index (χ0v) is 16.7. The van der Waals surface area contributed by atoms with E-state index in [0.29, 0.717) is 23.0 Å². The normalized spacial score (nSPS) is 17.0. The lowest BCUT2D eigenvalue weighted by atomic mass is 9.91. The average molecular weight is 399 g/mol. The maximum Gasteiger partial charge on any atom is 0.242 e. The predicted molar refractivity (Wildman–Crippen MR) is 106 cm³/mol. The highest BCUT2D eigenvalue weighted by molar-refractivity contribution is 7.89. The molecule has 1 fully saturated rings. The number of piperidine rings is 1. The summed E-state index contributed by atoms with van der Waals surface area (Å²) in [6.07, 6.45) is 4.58. The van der Waals surface area contributed by atoms with E-state index in [1.807, 2.05) is 6.92 Å². The number of benzene rings is 1. The molecule has 0 amide bonds. The molecule has 0 bridgehead atoms. The number of sulfonamides is 1. The fraction of sp³-hybridized carbons (Fsp3) is 0.526. The highest BCUT2D eigenvalue weighted by Crippen LogP contribution is 2.32. The first-order valence-corrected chi connectivity index (χ1v) is 10.8. The highest BCUT2D eigenvalue weighted by Gasteiger charge is 2.26. The van der Waals surface area contributed by atoms with Crippen LogP contribution in [0.15, 0.2) is 41.5 Å². The molecule has 1 heterocycles. The molecule has 0 radical (unpaired) electrons. The second-order valence-corrected chi connectivity index (χ2v) is 8.89. The number of aliphatic hydroxyl groups excluding tert-OH is 1. The Labute approximate surface area is 161 Å². The van der Waals surface area contributed by atoms with Gasteiger partial charge in [0.25, 0.3) is 0 Å². The smallest absolute Gasteiger partial charge is 0.242 e. The zero-order chi connectivity index (χ0) is 19.2. The standard InChI is InChI=1S/C19H27ClN2O3S/c1-3-4-5-10-21-26(24,25)19-14-17(20)6-7-18(19)22-11-8-16(9-12-22)13-15(2)23/h4,6-7,14-16,21,23H,1,5,8-13H2,2H3. The highest BCUT2D eigenvalue weighted by atomic mass is 35.5. The summed E-state index contributed by atoms with van der Waals surface area (Å²) < 4.78 is 28.1. The van der Waals surface area contributed by atoms with Crippen molar-refractivity contribution in [3.63, 3.8) is 0 Å². The van der Waals surface area contributed by atoms with Crippen molar-refractivity contribution in [3.8, 4) is 0 Å². The second-order valence-electron chi connectivity index (χ2n) is 6.72. The van der Waals surface area contributed by atoms with Crippen LogP contribution in [0.2, 0.25) is 5.02 Å². The third-order valence-corrected chi connectivity index (χ3v) is 6.29. The van der Waals surface area contributed by atoms with E-state index in [2.05, 4.69) is 21.9 Å². The molecule has 1 aliphatic rings. The lowest BCUT2D eigenvalue weighted by molar-refractivity contribution is 0.151. The van der Waals surface area contributed by atoms with Gasteiger partial charge in [0, 0.05) is 24.7 Å². The molecule has 1 saturated heterocycles. The van der Waals surface area contributed by atoms with E-state index in [0.717, 1.165) is 32.4 Å². The van der Waals surface area contributed by atoms with Gasteiger partial charge in [-0.05, 0) is 62.8 Å². The van der Waals surface area contributed by atoms with Gasteiger partial charge in [-0.1, -0.05) is 18.2 Å². The Hall–Kier alpha value is -1.30. The molecule has 0 aromatic heterocycles. The number of halogens is 1. The Bertz CT molecular complexity index is 750. The van der Waals surface area contributed by atoms with Crippen LogP contribution >= 0.6 is 11.6 Å². The van der Waals surface area contributed by atoms with Crippen molar-refractivity contribution >= 4 is 27.3 Å². The maximum atomic E-state index is 12.7. The third kappa shape index (κ3) is 5.86. The van der Waals surface area contributed by atoms with Crippen molar-refractivity contribution in [1.29, 1.82) is 0 Å². The predicted octanol–water partition coefficient (Wildman–Crippen LogP) is 3.34. The summed E-state index contributed by atoms with van der Waals surface area (Å²) in [4.78, 5) is 2.30. The lowest BCUT2D eigenvalue weighted by Gasteiger charge is -2.35. The average Bonchev–Trinajstić information content (AvgIpc) is 2.59. The largest absolute Gasteiger partial charge is 0.393 e. The van der Waals surface area contributed by atoms with Gasteiger partial charge in [0.05, 0.1) is 11.8 Å². The molecular formula is C19H27ClN2O3S. The van der Waals surface area contributed by atoms with Crippen LogP contribution in [0, 0.1) is 5.92 Å².